The van der Waals surface area contributed by atoms with E-state index in [0.717, 1.165) is 18.2 Å². The Hall–Kier alpha value is -3.47. The number of nitrogens with zero attached hydrogens (tertiary/aromatic N) is 3. The summed E-state index contributed by atoms with van der Waals surface area (Å²) in [6.07, 6.45) is 5.23. The van der Waals surface area contributed by atoms with E-state index in [1.165, 1.54) is 18.1 Å². The summed E-state index contributed by atoms with van der Waals surface area (Å²) in [5.74, 6) is -0.639. The molecule has 3 aromatic rings. The van der Waals surface area contributed by atoms with Gasteiger partial charge in [-0.1, -0.05) is 12.2 Å². The summed E-state index contributed by atoms with van der Waals surface area (Å²) in [6.45, 7) is 0.389. The maximum absolute atomic E-state index is 13.9. The first-order valence-electron chi connectivity index (χ1n) is 12.9. The van der Waals surface area contributed by atoms with E-state index in [-0.39, 0.29) is 30.0 Å². The summed E-state index contributed by atoms with van der Waals surface area (Å²) in [5.41, 5.74) is 2.03. The number of pyridine rings is 2. The van der Waals surface area contributed by atoms with Crippen molar-refractivity contribution in [3.05, 3.63) is 71.4 Å². The Balaban J connectivity index is 1.42. The number of amides is 1. The van der Waals surface area contributed by atoms with Crippen LogP contribution in [-0.2, 0) is 9.53 Å². The molecule has 4 atom stereocenters. The van der Waals surface area contributed by atoms with Crippen LogP contribution in [0.5, 0.6) is 5.88 Å². The van der Waals surface area contributed by atoms with Crippen LogP contribution < -0.4 is 10.1 Å². The first-order chi connectivity index (χ1) is 18.7. The van der Waals surface area contributed by atoms with Gasteiger partial charge in [0.2, 0.25) is 11.8 Å². The summed E-state index contributed by atoms with van der Waals surface area (Å²) < 4.78 is 38.9. The number of aliphatic hydroxyl groups excluding tert-OH is 1. The van der Waals surface area contributed by atoms with E-state index in [1.54, 1.807) is 44.6 Å². The van der Waals surface area contributed by atoms with Crippen molar-refractivity contribution < 1.29 is 28.2 Å². The molecule has 208 valence electrons. The van der Waals surface area contributed by atoms with E-state index >= 15 is 0 Å². The van der Waals surface area contributed by atoms with E-state index in [0.29, 0.717) is 48.3 Å². The van der Waals surface area contributed by atoms with Crippen LogP contribution in [0.2, 0.25) is 0 Å². The molecule has 1 saturated heterocycles. The molecule has 1 aromatic carbocycles. The highest BCUT2D eigenvalue weighted by molar-refractivity contribution is 5.78. The van der Waals surface area contributed by atoms with Crippen molar-refractivity contribution in [3.63, 3.8) is 0 Å². The van der Waals surface area contributed by atoms with Gasteiger partial charge in [0.25, 0.3) is 0 Å². The number of nitrogens with one attached hydrogen (secondary N) is 1. The van der Waals surface area contributed by atoms with Gasteiger partial charge in [0.05, 0.1) is 42.9 Å². The molecular formula is C29H34F2N4O4. The quantitative estimate of drug-likeness (QED) is 0.401. The number of carbonyl (C=O) groups is 1. The van der Waals surface area contributed by atoms with Gasteiger partial charge < -0.3 is 24.8 Å². The molecule has 1 amide bonds. The molecule has 1 aliphatic rings. The highest BCUT2D eigenvalue weighted by atomic mass is 19.1. The largest absolute Gasteiger partial charge is 0.481 e. The summed E-state index contributed by atoms with van der Waals surface area (Å²) in [5, 5.41) is 14.5. The smallest absolute Gasteiger partial charge is 0.224 e. The monoisotopic (exact) mass is 540 g/mol. The van der Waals surface area contributed by atoms with Crippen molar-refractivity contribution in [1.82, 2.24) is 20.2 Å². The van der Waals surface area contributed by atoms with Gasteiger partial charge in [-0.2, -0.15) is 0 Å². The van der Waals surface area contributed by atoms with Crippen LogP contribution in [0.25, 0.3) is 17.1 Å². The van der Waals surface area contributed by atoms with Crippen molar-refractivity contribution in [3.8, 4) is 5.88 Å². The Labute approximate surface area is 226 Å². The molecule has 0 bridgehead atoms. The second kappa shape index (κ2) is 13.1. The molecule has 0 aliphatic carbocycles. The van der Waals surface area contributed by atoms with Gasteiger partial charge in [-0.05, 0) is 43.2 Å². The van der Waals surface area contributed by atoms with Gasteiger partial charge in [0.15, 0.2) is 0 Å². The standard InChI is InChI=1S/C29H34F2N4O4/c1-35(2)28(37)17-26-23(32-13-4-5-18-15-19(30)6-8-22(18)31)9-7-20(39-26)16-25(36)21-12-14-33-24-10-11-27(38-3)34-29(21)24/h4-6,8,10-12,14-15,20,23,25-26,32,36H,7,9,13,16-17H2,1-3H3/b5-4+/t20-,23+,25?,26+/m0/s1. The van der Waals surface area contributed by atoms with Crippen LogP contribution in [0.3, 0.4) is 0 Å². The van der Waals surface area contributed by atoms with Crippen molar-refractivity contribution in [2.45, 2.75) is 50.0 Å². The number of rotatable bonds is 10. The molecule has 0 saturated carbocycles. The molecule has 1 aliphatic heterocycles. The van der Waals surface area contributed by atoms with Crippen molar-refractivity contribution in [2.75, 3.05) is 27.7 Å². The van der Waals surface area contributed by atoms with Gasteiger partial charge in [-0.15, -0.1) is 0 Å². The molecule has 39 heavy (non-hydrogen) atoms. The lowest BCUT2D eigenvalue weighted by Crippen LogP contribution is -2.49. The van der Waals surface area contributed by atoms with Crippen LogP contribution in [0.4, 0.5) is 8.78 Å². The first-order valence-corrected chi connectivity index (χ1v) is 12.9. The van der Waals surface area contributed by atoms with Crippen LogP contribution in [0.15, 0.2) is 48.7 Å². The van der Waals surface area contributed by atoms with E-state index in [2.05, 4.69) is 15.3 Å². The highest BCUT2D eigenvalue weighted by Crippen LogP contribution is 2.31. The minimum absolute atomic E-state index is 0.0678. The van der Waals surface area contributed by atoms with Crippen molar-refractivity contribution >= 4 is 23.0 Å². The minimum Gasteiger partial charge on any atom is -0.481 e. The number of benzene rings is 1. The van der Waals surface area contributed by atoms with Crippen LogP contribution in [0, 0.1) is 11.6 Å². The Morgan fingerprint density at radius 3 is 2.85 bits per heavy atom. The molecule has 4 rings (SSSR count). The van der Waals surface area contributed by atoms with E-state index < -0.39 is 23.8 Å². The summed E-state index contributed by atoms with van der Waals surface area (Å²) in [7, 11) is 4.92. The number of halogens is 2. The zero-order valence-corrected chi connectivity index (χ0v) is 22.3. The van der Waals surface area contributed by atoms with E-state index in [1.807, 2.05) is 0 Å². The van der Waals surface area contributed by atoms with Gasteiger partial charge in [0, 0.05) is 56.5 Å². The zero-order valence-electron chi connectivity index (χ0n) is 22.3. The lowest BCUT2D eigenvalue weighted by atomic mass is 9.92. The Kier molecular flexibility index (Phi) is 9.55. The fraction of sp³-hybridized carbons (Fsp3) is 0.414. The summed E-state index contributed by atoms with van der Waals surface area (Å²) >= 11 is 0. The maximum atomic E-state index is 13.9. The third-order valence-electron chi connectivity index (χ3n) is 6.89. The minimum atomic E-state index is -0.848. The molecule has 0 radical (unpaired) electrons. The van der Waals surface area contributed by atoms with Gasteiger partial charge >= 0.3 is 0 Å². The first kappa shape index (κ1) is 28.5. The van der Waals surface area contributed by atoms with Crippen molar-refractivity contribution in [1.29, 1.82) is 0 Å². The highest BCUT2D eigenvalue weighted by Gasteiger charge is 2.34. The van der Waals surface area contributed by atoms with E-state index in [9.17, 15) is 18.7 Å². The lowest BCUT2D eigenvalue weighted by molar-refractivity contribution is -0.138. The summed E-state index contributed by atoms with van der Waals surface area (Å²) in [6, 6.07) is 8.45. The molecule has 1 fully saturated rings. The zero-order chi connectivity index (χ0) is 27.9. The second-order valence-corrected chi connectivity index (χ2v) is 9.82. The number of methoxy groups -OCH3 is 1. The number of hydrogen-bond acceptors (Lipinski definition) is 7. The number of fused-ring (bicyclic) bond motifs is 1. The third kappa shape index (κ3) is 7.35. The van der Waals surface area contributed by atoms with Crippen molar-refractivity contribution in [2.24, 2.45) is 0 Å². The predicted molar refractivity (Wildman–Crippen MR) is 144 cm³/mol. The molecule has 3 heterocycles. The Bertz CT molecular complexity index is 1320. The summed E-state index contributed by atoms with van der Waals surface area (Å²) in [4.78, 5) is 22.9. The molecule has 1 unspecified atom stereocenters. The molecular weight excluding hydrogens is 506 g/mol. The molecule has 2 N–H and O–H groups in total. The molecule has 2 aromatic heterocycles. The topological polar surface area (TPSA) is 96.8 Å². The van der Waals surface area contributed by atoms with Gasteiger partial charge in [0.1, 0.15) is 11.6 Å². The van der Waals surface area contributed by atoms with Crippen LogP contribution in [0.1, 0.15) is 42.9 Å². The fourth-order valence-corrected chi connectivity index (χ4v) is 4.75. The Morgan fingerprint density at radius 2 is 2.08 bits per heavy atom. The Morgan fingerprint density at radius 1 is 1.26 bits per heavy atom. The fourth-order valence-electron chi connectivity index (χ4n) is 4.75. The number of carbonyl (C=O) groups excluding carboxylic acids is 1. The maximum Gasteiger partial charge on any atom is 0.224 e. The van der Waals surface area contributed by atoms with Gasteiger partial charge in [-0.25, -0.2) is 13.8 Å². The molecule has 0 spiro atoms. The van der Waals surface area contributed by atoms with Gasteiger partial charge in [-0.3, -0.25) is 9.78 Å². The average molecular weight is 541 g/mol. The number of aliphatic hydroxyl groups is 1. The third-order valence-corrected chi connectivity index (χ3v) is 6.89. The molecule has 10 heteroatoms. The lowest BCUT2D eigenvalue weighted by Gasteiger charge is -2.38. The number of ether oxygens (including phenoxy) is 2. The molecule has 8 nitrogen and oxygen atoms in total. The average Bonchev–Trinajstić information content (AvgIpc) is 2.93. The number of aromatic nitrogens is 2. The second-order valence-electron chi connectivity index (χ2n) is 9.82. The SMILES string of the molecule is COc1ccc2nccc(C(O)C[C@@H]3CC[C@@H](NC/C=C/c4cc(F)ccc4F)[C@@H](CC(=O)N(C)C)O3)c2n1. The predicted octanol–water partition coefficient (Wildman–Crippen LogP) is 4.04. The number of hydrogen-bond donors (Lipinski definition) is 2. The normalized spacial score (nSPS) is 20.3. The van der Waals surface area contributed by atoms with Crippen LogP contribution in [-0.4, -0.2) is 71.9 Å². The van der Waals surface area contributed by atoms with Crippen LogP contribution >= 0.6 is 0 Å². The van der Waals surface area contributed by atoms with E-state index in [4.69, 9.17) is 9.47 Å².